The minimum absolute atomic E-state index is 0.397. The topological polar surface area (TPSA) is 9.23 Å². The van der Waals surface area contributed by atoms with E-state index in [9.17, 15) is 0 Å². The van der Waals surface area contributed by atoms with Crippen LogP contribution in [0, 0.1) is 28.6 Å². The molecular weight excluding hydrogens is 196 g/mol. The second-order valence-corrected chi connectivity index (χ2v) is 7.18. The fourth-order valence-electron chi connectivity index (χ4n) is 4.68. The van der Waals surface area contributed by atoms with E-state index in [1.165, 1.54) is 24.8 Å². The van der Waals surface area contributed by atoms with Gasteiger partial charge in [0.1, 0.15) is 0 Å². The summed E-state index contributed by atoms with van der Waals surface area (Å²) in [4.78, 5) is 0. The van der Waals surface area contributed by atoms with Crippen molar-refractivity contribution in [2.75, 3.05) is 13.2 Å². The molecule has 1 aliphatic heterocycles. The zero-order chi connectivity index (χ0) is 11.6. The Morgan fingerprint density at radius 2 is 2.00 bits per heavy atom. The summed E-state index contributed by atoms with van der Waals surface area (Å²) in [6.07, 6.45) is 3.98. The molecule has 0 aromatic heterocycles. The molecule has 0 N–H and O–H groups in total. The summed E-state index contributed by atoms with van der Waals surface area (Å²) in [5, 5.41) is 0. The van der Waals surface area contributed by atoms with Crippen molar-refractivity contribution in [3.8, 4) is 0 Å². The van der Waals surface area contributed by atoms with Crippen LogP contribution in [0.1, 0.15) is 40.0 Å². The van der Waals surface area contributed by atoms with Gasteiger partial charge < -0.3 is 4.74 Å². The Bertz CT molecular complexity index is 330. The Balaban J connectivity index is 1.95. The molecule has 0 bridgehead atoms. The van der Waals surface area contributed by atoms with Crippen molar-refractivity contribution >= 4 is 0 Å². The molecule has 2 aliphatic carbocycles. The highest BCUT2D eigenvalue weighted by molar-refractivity contribution is 5.18. The van der Waals surface area contributed by atoms with Gasteiger partial charge in [-0.2, -0.15) is 0 Å². The summed E-state index contributed by atoms with van der Waals surface area (Å²) in [7, 11) is 0. The number of hydrogen-bond acceptors (Lipinski definition) is 1. The minimum Gasteiger partial charge on any atom is -0.380 e. The van der Waals surface area contributed by atoms with Gasteiger partial charge in [0.15, 0.2) is 0 Å². The van der Waals surface area contributed by atoms with Crippen LogP contribution < -0.4 is 0 Å². The number of fused-ring (bicyclic) bond motifs is 3. The predicted octanol–water partition coefficient (Wildman–Crippen LogP) is 3.65. The molecule has 1 nitrogen and oxygen atoms in total. The van der Waals surface area contributed by atoms with Crippen LogP contribution in [0.5, 0.6) is 0 Å². The molecule has 4 atom stereocenters. The summed E-state index contributed by atoms with van der Waals surface area (Å²) in [5.41, 5.74) is 2.42. The standard InChI is InChI=1S/C15H24O/c1-10-5-6-11-12(7-14(11,2)3)15(4)9-16-8-13(10)15/h11-13H,1,5-9H2,2-4H3/t11-,12+,13+,15-/m1/s1. The van der Waals surface area contributed by atoms with Crippen LogP contribution >= 0.6 is 0 Å². The van der Waals surface area contributed by atoms with E-state index in [1.807, 2.05) is 0 Å². The third-order valence-corrected chi connectivity index (χ3v) is 5.85. The molecule has 3 rings (SSSR count). The molecule has 3 fully saturated rings. The van der Waals surface area contributed by atoms with Gasteiger partial charge in [-0.3, -0.25) is 0 Å². The molecule has 90 valence electrons. The third-order valence-electron chi connectivity index (χ3n) is 5.85. The SMILES string of the molecule is C=C1CC[C@@H]2[C@H](CC2(C)C)[C@@]2(C)COC[C@@H]12. The largest absolute Gasteiger partial charge is 0.380 e. The first-order chi connectivity index (χ1) is 7.45. The van der Waals surface area contributed by atoms with Crippen LogP contribution in [-0.4, -0.2) is 13.2 Å². The van der Waals surface area contributed by atoms with Crippen LogP contribution in [0.15, 0.2) is 12.2 Å². The monoisotopic (exact) mass is 220 g/mol. The molecule has 0 amide bonds. The molecule has 0 radical (unpaired) electrons. The lowest BCUT2D eigenvalue weighted by atomic mass is 9.47. The average Bonchev–Trinajstić information content (AvgIpc) is 2.54. The lowest BCUT2D eigenvalue weighted by Crippen LogP contribution is -2.52. The first kappa shape index (κ1) is 10.8. The van der Waals surface area contributed by atoms with Gasteiger partial charge in [0.2, 0.25) is 0 Å². The van der Waals surface area contributed by atoms with Crippen LogP contribution in [0.4, 0.5) is 0 Å². The Labute approximate surface area is 99.3 Å². The summed E-state index contributed by atoms with van der Waals surface area (Å²) in [6, 6.07) is 0. The van der Waals surface area contributed by atoms with Crippen molar-refractivity contribution in [2.24, 2.45) is 28.6 Å². The zero-order valence-corrected chi connectivity index (χ0v) is 10.9. The van der Waals surface area contributed by atoms with Crippen LogP contribution in [0.25, 0.3) is 0 Å². The molecule has 0 unspecified atom stereocenters. The Morgan fingerprint density at radius 1 is 1.25 bits per heavy atom. The molecule has 0 aromatic carbocycles. The van der Waals surface area contributed by atoms with Crippen molar-refractivity contribution in [3.05, 3.63) is 12.2 Å². The number of hydrogen-bond donors (Lipinski definition) is 0. The van der Waals surface area contributed by atoms with Crippen LogP contribution in [-0.2, 0) is 4.74 Å². The summed E-state index contributed by atoms with van der Waals surface area (Å²) >= 11 is 0. The molecule has 3 aliphatic rings. The van der Waals surface area contributed by atoms with E-state index in [1.54, 1.807) is 0 Å². The fourth-order valence-corrected chi connectivity index (χ4v) is 4.68. The van der Waals surface area contributed by atoms with E-state index in [0.717, 1.165) is 25.0 Å². The van der Waals surface area contributed by atoms with E-state index in [-0.39, 0.29) is 0 Å². The minimum atomic E-state index is 0.397. The van der Waals surface area contributed by atoms with Gasteiger partial charge in [0, 0.05) is 11.3 Å². The smallest absolute Gasteiger partial charge is 0.0537 e. The highest BCUT2D eigenvalue weighted by Crippen LogP contribution is 2.65. The number of ether oxygens (including phenoxy) is 1. The molecule has 1 saturated heterocycles. The first-order valence-corrected chi connectivity index (χ1v) is 6.70. The van der Waals surface area contributed by atoms with Crippen LogP contribution in [0.3, 0.4) is 0 Å². The highest BCUT2D eigenvalue weighted by atomic mass is 16.5. The Morgan fingerprint density at radius 3 is 2.69 bits per heavy atom. The average molecular weight is 220 g/mol. The van der Waals surface area contributed by atoms with Gasteiger partial charge in [0.05, 0.1) is 13.2 Å². The van der Waals surface area contributed by atoms with Gasteiger partial charge in [-0.25, -0.2) is 0 Å². The quantitative estimate of drug-likeness (QED) is 0.566. The van der Waals surface area contributed by atoms with Gasteiger partial charge in [-0.05, 0) is 36.5 Å². The Hall–Kier alpha value is -0.300. The fraction of sp³-hybridized carbons (Fsp3) is 0.867. The second-order valence-electron chi connectivity index (χ2n) is 7.18. The molecule has 1 heteroatoms. The summed E-state index contributed by atoms with van der Waals surface area (Å²) < 4.78 is 5.78. The lowest BCUT2D eigenvalue weighted by molar-refractivity contribution is -0.0918. The molecule has 2 saturated carbocycles. The van der Waals surface area contributed by atoms with Crippen molar-refractivity contribution in [2.45, 2.75) is 40.0 Å². The van der Waals surface area contributed by atoms with Gasteiger partial charge in [0.25, 0.3) is 0 Å². The summed E-state index contributed by atoms with van der Waals surface area (Å²) in [6.45, 7) is 13.6. The second kappa shape index (κ2) is 3.13. The normalized spacial score (nSPS) is 50.2. The Kier molecular flexibility index (Phi) is 2.12. The van der Waals surface area contributed by atoms with Gasteiger partial charge in [-0.15, -0.1) is 0 Å². The van der Waals surface area contributed by atoms with Gasteiger partial charge >= 0.3 is 0 Å². The van der Waals surface area contributed by atoms with Crippen molar-refractivity contribution in [1.29, 1.82) is 0 Å². The predicted molar refractivity (Wildman–Crippen MR) is 66.2 cm³/mol. The summed E-state index contributed by atoms with van der Waals surface area (Å²) in [5.74, 6) is 2.42. The number of rotatable bonds is 0. The van der Waals surface area contributed by atoms with E-state index >= 15 is 0 Å². The van der Waals surface area contributed by atoms with Crippen molar-refractivity contribution in [3.63, 3.8) is 0 Å². The maximum absolute atomic E-state index is 5.78. The first-order valence-electron chi connectivity index (χ1n) is 6.70. The molecule has 16 heavy (non-hydrogen) atoms. The molecule has 0 aromatic rings. The molecule has 1 heterocycles. The van der Waals surface area contributed by atoms with Gasteiger partial charge in [-0.1, -0.05) is 32.9 Å². The third kappa shape index (κ3) is 1.21. The zero-order valence-electron chi connectivity index (χ0n) is 10.9. The van der Waals surface area contributed by atoms with E-state index in [2.05, 4.69) is 27.4 Å². The van der Waals surface area contributed by atoms with E-state index < -0.39 is 0 Å². The van der Waals surface area contributed by atoms with E-state index in [0.29, 0.717) is 16.7 Å². The van der Waals surface area contributed by atoms with Crippen molar-refractivity contribution < 1.29 is 4.74 Å². The highest BCUT2D eigenvalue weighted by Gasteiger charge is 2.60. The van der Waals surface area contributed by atoms with Crippen LogP contribution in [0.2, 0.25) is 0 Å². The maximum Gasteiger partial charge on any atom is 0.0537 e. The molecular formula is C15H24O. The molecule has 0 spiro atoms. The van der Waals surface area contributed by atoms with E-state index in [4.69, 9.17) is 4.74 Å². The lowest BCUT2D eigenvalue weighted by Gasteiger charge is -2.57. The van der Waals surface area contributed by atoms with Crippen molar-refractivity contribution in [1.82, 2.24) is 0 Å². The maximum atomic E-state index is 5.78.